The predicted octanol–water partition coefficient (Wildman–Crippen LogP) is 3.43. The smallest absolute Gasteiger partial charge is 0.260 e. The highest BCUT2D eigenvalue weighted by atomic mass is 32.2. The third kappa shape index (κ3) is 4.54. The number of likely N-dealkylation sites (N-methyl/N-ethyl adjacent to an activating group) is 1. The number of halogens is 1. The maximum Gasteiger partial charge on any atom is 0.260 e. The van der Waals surface area contributed by atoms with E-state index < -0.39 is 15.8 Å². The molecule has 7 nitrogen and oxygen atoms in total. The molecule has 1 aliphatic rings. The van der Waals surface area contributed by atoms with Crippen LogP contribution in [-0.4, -0.2) is 68.8 Å². The number of hydrogen-bond donors (Lipinski definition) is 0. The summed E-state index contributed by atoms with van der Waals surface area (Å²) >= 11 is 1.25. The largest absolute Gasteiger partial charge is 0.308 e. The summed E-state index contributed by atoms with van der Waals surface area (Å²) in [5.41, 5.74) is 0.589. The fourth-order valence-electron chi connectivity index (χ4n) is 3.61. The van der Waals surface area contributed by atoms with Crippen molar-refractivity contribution in [1.82, 2.24) is 14.2 Å². The highest BCUT2D eigenvalue weighted by molar-refractivity contribution is 7.89. The van der Waals surface area contributed by atoms with E-state index in [0.29, 0.717) is 41.6 Å². The molecule has 1 saturated heterocycles. The minimum absolute atomic E-state index is 0.179. The van der Waals surface area contributed by atoms with Gasteiger partial charge in [-0.15, -0.1) is 0 Å². The molecule has 0 unspecified atom stereocenters. The van der Waals surface area contributed by atoms with E-state index in [1.54, 1.807) is 12.1 Å². The molecule has 3 aromatic rings. The first-order chi connectivity index (χ1) is 15.3. The average molecular weight is 477 g/mol. The van der Waals surface area contributed by atoms with Gasteiger partial charge < -0.3 is 4.90 Å². The average Bonchev–Trinajstić information content (AvgIpc) is 3.45. The number of benzene rings is 2. The molecule has 1 amide bonds. The van der Waals surface area contributed by atoms with Gasteiger partial charge in [0.05, 0.1) is 9.60 Å². The van der Waals surface area contributed by atoms with E-state index in [4.69, 9.17) is 0 Å². The molecule has 10 heteroatoms. The third-order valence-corrected chi connectivity index (χ3v) is 8.37. The van der Waals surface area contributed by atoms with Crippen molar-refractivity contribution in [3.8, 4) is 0 Å². The molecule has 0 spiro atoms. The monoisotopic (exact) mass is 476 g/mol. The Morgan fingerprint density at radius 3 is 2.41 bits per heavy atom. The quantitative estimate of drug-likeness (QED) is 0.522. The van der Waals surface area contributed by atoms with Crippen molar-refractivity contribution in [2.45, 2.75) is 17.7 Å². The molecule has 2 heterocycles. The number of thiazole rings is 1. The van der Waals surface area contributed by atoms with Gasteiger partial charge in [-0.2, -0.15) is 4.31 Å². The van der Waals surface area contributed by atoms with Crippen molar-refractivity contribution in [3.05, 3.63) is 53.8 Å². The Morgan fingerprint density at radius 1 is 1.09 bits per heavy atom. The lowest BCUT2D eigenvalue weighted by Gasteiger charge is -2.22. The number of para-hydroxylation sites is 1. The number of hydrogen-bond acceptors (Lipinski definition) is 6. The normalized spacial score (nSPS) is 15.0. The molecule has 1 fully saturated rings. The van der Waals surface area contributed by atoms with Crippen LogP contribution in [0.15, 0.2) is 47.4 Å². The number of sulfonamides is 1. The zero-order valence-electron chi connectivity index (χ0n) is 18.0. The van der Waals surface area contributed by atoms with Crippen LogP contribution in [0.2, 0.25) is 0 Å². The maximum atomic E-state index is 14.2. The molecular formula is C22H25FN4O3S2. The molecule has 4 rings (SSSR count). The van der Waals surface area contributed by atoms with E-state index in [0.717, 1.165) is 12.8 Å². The standard InChI is InChI=1S/C22H25FN4O3S2/c1-25(2)14-15-27(22-24-20-18(23)6-5-7-19(20)31-22)21(28)16-8-10-17(11-9-16)32(29,30)26-12-3-4-13-26/h5-11H,3-4,12-15H2,1-2H3. The number of amides is 1. The number of fused-ring (bicyclic) bond motifs is 1. The molecule has 0 atom stereocenters. The molecule has 0 bridgehead atoms. The zero-order chi connectivity index (χ0) is 22.9. The summed E-state index contributed by atoms with van der Waals surface area (Å²) < 4.78 is 41.8. The molecule has 2 aromatic carbocycles. The van der Waals surface area contributed by atoms with Crippen molar-refractivity contribution >= 4 is 42.6 Å². The second-order valence-electron chi connectivity index (χ2n) is 7.98. The molecule has 0 N–H and O–H groups in total. The maximum absolute atomic E-state index is 14.2. The summed E-state index contributed by atoms with van der Waals surface area (Å²) in [6.07, 6.45) is 1.72. The van der Waals surface area contributed by atoms with Crippen LogP contribution < -0.4 is 4.90 Å². The van der Waals surface area contributed by atoms with Gasteiger partial charge in [-0.25, -0.2) is 17.8 Å². The summed E-state index contributed by atoms with van der Waals surface area (Å²) in [5.74, 6) is -0.738. The molecular weight excluding hydrogens is 451 g/mol. The Labute approximate surface area is 191 Å². The Hall–Kier alpha value is -2.40. The van der Waals surface area contributed by atoms with E-state index in [1.165, 1.54) is 50.9 Å². The van der Waals surface area contributed by atoms with Crippen molar-refractivity contribution in [1.29, 1.82) is 0 Å². The Balaban J connectivity index is 1.63. The van der Waals surface area contributed by atoms with Crippen LogP contribution in [0.5, 0.6) is 0 Å². The first-order valence-electron chi connectivity index (χ1n) is 10.4. The first-order valence-corrected chi connectivity index (χ1v) is 12.6. The summed E-state index contributed by atoms with van der Waals surface area (Å²) in [6.45, 7) is 2.00. The minimum Gasteiger partial charge on any atom is -0.308 e. The van der Waals surface area contributed by atoms with E-state index >= 15 is 0 Å². The summed E-state index contributed by atoms with van der Waals surface area (Å²) in [4.78, 5) is 21.4. The first kappa shape index (κ1) is 22.8. The lowest BCUT2D eigenvalue weighted by molar-refractivity contribution is 0.0985. The SMILES string of the molecule is CN(C)CCN(C(=O)c1ccc(S(=O)(=O)N2CCCC2)cc1)c1nc2c(F)cccc2s1. The van der Waals surface area contributed by atoms with Gasteiger partial charge in [0, 0.05) is 31.7 Å². The van der Waals surface area contributed by atoms with Crippen molar-refractivity contribution < 1.29 is 17.6 Å². The van der Waals surface area contributed by atoms with Crippen LogP contribution in [-0.2, 0) is 10.0 Å². The van der Waals surface area contributed by atoms with E-state index in [2.05, 4.69) is 4.98 Å². The van der Waals surface area contributed by atoms with E-state index in [1.807, 2.05) is 19.0 Å². The van der Waals surface area contributed by atoms with Gasteiger partial charge in [0.2, 0.25) is 10.0 Å². The lowest BCUT2D eigenvalue weighted by Crippen LogP contribution is -2.36. The van der Waals surface area contributed by atoms with Crippen molar-refractivity contribution in [2.75, 3.05) is 45.2 Å². The van der Waals surface area contributed by atoms with Crippen molar-refractivity contribution in [2.24, 2.45) is 0 Å². The number of nitrogens with zero attached hydrogens (tertiary/aromatic N) is 4. The highest BCUT2D eigenvalue weighted by Crippen LogP contribution is 2.31. The topological polar surface area (TPSA) is 73.8 Å². The molecule has 1 aliphatic heterocycles. The van der Waals surface area contributed by atoms with Gasteiger partial charge in [0.25, 0.3) is 5.91 Å². The molecule has 170 valence electrons. The third-order valence-electron chi connectivity index (χ3n) is 5.41. The Bertz CT molecular complexity index is 1220. The van der Waals surface area contributed by atoms with Gasteiger partial charge in [-0.05, 0) is 63.3 Å². The zero-order valence-corrected chi connectivity index (χ0v) is 19.6. The van der Waals surface area contributed by atoms with Gasteiger partial charge in [-0.1, -0.05) is 17.4 Å². The fraction of sp³-hybridized carbons (Fsp3) is 0.364. The summed E-state index contributed by atoms with van der Waals surface area (Å²) in [7, 11) is 0.256. The number of aromatic nitrogens is 1. The molecule has 0 saturated carbocycles. The number of anilines is 1. The molecule has 0 radical (unpaired) electrons. The van der Waals surface area contributed by atoms with Crippen LogP contribution in [0.3, 0.4) is 0 Å². The van der Waals surface area contributed by atoms with Gasteiger partial charge in [0.1, 0.15) is 11.3 Å². The van der Waals surface area contributed by atoms with Crippen LogP contribution in [0, 0.1) is 5.82 Å². The van der Waals surface area contributed by atoms with Crippen LogP contribution in [0.25, 0.3) is 10.2 Å². The summed E-state index contributed by atoms with van der Waals surface area (Å²) in [6, 6.07) is 10.7. The molecule has 0 aliphatic carbocycles. The van der Waals surface area contributed by atoms with Crippen molar-refractivity contribution in [3.63, 3.8) is 0 Å². The minimum atomic E-state index is -3.55. The lowest BCUT2D eigenvalue weighted by atomic mass is 10.2. The second-order valence-corrected chi connectivity index (χ2v) is 10.9. The summed E-state index contributed by atoms with van der Waals surface area (Å²) in [5, 5.41) is 0.408. The van der Waals surface area contributed by atoms with Crippen LogP contribution >= 0.6 is 11.3 Å². The van der Waals surface area contributed by atoms with Crippen LogP contribution in [0.4, 0.5) is 9.52 Å². The molecule has 1 aromatic heterocycles. The van der Waals surface area contributed by atoms with Gasteiger partial charge >= 0.3 is 0 Å². The Morgan fingerprint density at radius 2 is 1.78 bits per heavy atom. The second kappa shape index (κ2) is 9.22. The van der Waals surface area contributed by atoms with E-state index in [9.17, 15) is 17.6 Å². The van der Waals surface area contributed by atoms with Gasteiger partial charge in [0.15, 0.2) is 5.13 Å². The van der Waals surface area contributed by atoms with E-state index in [-0.39, 0.29) is 16.3 Å². The fourth-order valence-corrected chi connectivity index (χ4v) is 6.13. The predicted molar refractivity (Wildman–Crippen MR) is 124 cm³/mol. The molecule has 32 heavy (non-hydrogen) atoms. The number of rotatable bonds is 7. The van der Waals surface area contributed by atoms with Gasteiger partial charge in [-0.3, -0.25) is 9.69 Å². The highest BCUT2D eigenvalue weighted by Gasteiger charge is 2.28. The Kier molecular flexibility index (Phi) is 6.57. The number of carbonyl (C=O) groups is 1. The number of carbonyl (C=O) groups excluding carboxylic acids is 1. The van der Waals surface area contributed by atoms with Crippen LogP contribution in [0.1, 0.15) is 23.2 Å².